The van der Waals surface area contributed by atoms with E-state index < -0.39 is 31.8 Å². The van der Waals surface area contributed by atoms with E-state index in [1.165, 1.54) is 19.1 Å². The van der Waals surface area contributed by atoms with Crippen molar-refractivity contribution in [3.63, 3.8) is 0 Å². The van der Waals surface area contributed by atoms with Crippen LogP contribution in [0.2, 0.25) is 0 Å². The van der Waals surface area contributed by atoms with Crippen molar-refractivity contribution in [3.05, 3.63) is 60.2 Å². The van der Waals surface area contributed by atoms with Crippen molar-refractivity contribution in [1.29, 1.82) is 0 Å². The summed E-state index contributed by atoms with van der Waals surface area (Å²) < 4.78 is 49.0. The molecule has 1 amide bonds. The number of sulfonamides is 1. The summed E-state index contributed by atoms with van der Waals surface area (Å²) >= 11 is 0. The summed E-state index contributed by atoms with van der Waals surface area (Å²) in [5.74, 6) is -0.446. The summed E-state index contributed by atoms with van der Waals surface area (Å²) in [5, 5.41) is 2.87. The minimum Gasteiger partial charge on any atom is -0.347 e. The van der Waals surface area contributed by atoms with E-state index in [0.29, 0.717) is 12.1 Å². The van der Waals surface area contributed by atoms with Crippen LogP contribution in [-0.2, 0) is 24.7 Å². The number of anilines is 1. The van der Waals surface area contributed by atoms with E-state index in [-0.39, 0.29) is 10.9 Å². The van der Waals surface area contributed by atoms with Gasteiger partial charge in [0.1, 0.15) is 6.04 Å². The first kappa shape index (κ1) is 22.9. The third-order valence-corrected chi connectivity index (χ3v) is 6.90. The number of rotatable bonds is 8. The van der Waals surface area contributed by atoms with Crippen molar-refractivity contribution in [2.24, 2.45) is 0 Å². The normalized spacial score (nSPS) is 14.1. The quantitative estimate of drug-likeness (QED) is 0.682. The lowest BCUT2D eigenvalue weighted by atomic mass is 10.0. The summed E-state index contributed by atoms with van der Waals surface area (Å²) in [7, 11) is -6.99. The predicted octanol–water partition coefficient (Wildman–Crippen LogP) is 2.51. The molecule has 7 nitrogen and oxygen atoms in total. The van der Waals surface area contributed by atoms with Gasteiger partial charge in [-0.2, -0.15) is 0 Å². The summed E-state index contributed by atoms with van der Waals surface area (Å²) in [5.41, 5.74) is 1.15. The molecule has 9 heteroatoms. The number of carbonyl (C=O) groups is 1. The average molecular weight is 439 g/mol. The molecular formula is C20H26N2O5S2. The molecule has 0 aromatic heterocycles. The molecule has 0 fully saturated rings. The fourth-order valence-electron chi connectivity index (χ4n) is 3.04. The molecule has 2 atom stereocenters. The Hall–Kier alpha value is -2.39. The molecule has 2 aromatic rings. The van der Waals surface area contributed by atoms with Crippen LogP contribution in [0, 0.1) is 0 Å². The van der Waals surface area contributed by atoms with Gasteiger partial charge in [0.25, 0.3) is 0 Å². The molecule has 0 aliphatic carbocycles. The van der Waals surface area contributed by atoms with Gasteiger partial charge in [-0.3, -0.25) is 9.10 Å². The zero-order chi connectivity index (χ0) is 21.8. The fraction of sp³-hybridized carbons (Fsp3) is 0.350. The Morgan fingerprint density at radius 2 is 1.52 bits per heavy atom. The molecule has 2 aromatic carbocycles. The van der Waals surface area contributed by atoms with Crippen molar-refractivity contribution in [2.75, 3.05) is 16.8 Å². The van der Waals surface area contributed by atoms with Gasteiger partial charge in [-0.05, 0) is 43.2 Å². The maximum absolute atomic E-state index is 12.9. The maximum atomic E-state index is 12.9. The van der Waals surface area contributed by atoms with Crippen LogP contribution in [0.3, 0.4) is 0 Å². The van der Waals surface area contributed by atoms with Gasteiger partial charge in [0.2, 0.25) is 15.9 Å². The predicted molar refractivity (Wildman–Crippen MR) is 114 cm³/mol. The number of nitrogens with zero attached hydrogens (tertiary/aromatic N) is 1. The second-order valence-corrected chi connectivity index (χ2v) is 10.8. The largest absolute Gasteiger partial charge is 0.347 e. The van der Waals surface area contributed by atoms with Crippen LogP contribution in [0.15, 0.2) is 59.5 Å². The monoisotopic (exact) mass is 438 g/mol. The highest BCUT2D eigenvalue weighted by atomic mass is 32.2. The SMILES string of the molecule is CC[C@@H](NC(=O)[C@@H](C)N(c1ccccc1)S(C)(=O)=O)c1ccc(S(C)(=O)=O)cc1. The minimum atomic E-state index is -3.69. The van der Waals surface area contributed by atoms with Gasteiger partial charge in [-0.1, -0.05) is 37.3 Å². The first-order valence-electron chi connectivity index (χ1n) is 9.10. The highest BCUT2D eigenvalue weighted by Gasteiger charge is 2.30. The Kier molecular flexibility index (Phi) is 7.07. The molecule has 0 heterocycles. The number of hydrogen-bond acceptors (Lipinski definition) is 5. The first-order valence-corrected chi connectivity index (χ1v) is 12.8. The number of benzene rings is 2. The van der Waals surface area contributed by atoms with Crippen molar-refractivity contribution in [3.8, 4) is 0 Å². The Morgan fingerprint density at radius 3 is 1.97 bits per heavy atom. The molecule has 29 heavy (non-hydrogen) atoms. The Bertz CT molecular complexity index is 1050. The zero-order valence-electron chi connectivity index (χ0n) is 16.9. The van der Waals surface area contributed by atoms with Crippen LogP contribution in [0.5, 0.6) is 0 Å². The fourth-order valence-corrected chi connectivity index (χ4v) is 4.85. The van der Waals surface area contributed by atoms with Crippen molar-refractivity contribution in [1.82, 2.24) is 5.32 Å². The number of hydrogen-bond donors (Lipinski definition) is 1. The topological polar surface area (TPSA) is 101 Å². The standard InChI is InChI=1S/C20H26N2O5S2/c1-5-19(16-11-13-18(14-12-16)28(3,24)25)21-20(23)15(2)22(29(4,26)27)17-9-7-6-8-10-17/h6-15,19H,5H2,1-4H3,(H,21,23)/t15-,19-/m1/s1. The average Bonchev–Trinajstić information content (AvgIpc) is 2.65. The molecular weight excluding hydrogens is 412 g/mol. The van der Waals surface area contributed by atoms with E-state index in [1.807, 2.05) is 6.92 Å². The molecule has 0 bridgehead atoms. The minimum absolute atomic E-state index is 0.197. The number of amides is 1. The van der Waals surface area contributed by atoms with Crippen LogP contribution in [0.4, 0.5) is 5.69 Å². The highest BCUT2D eigenvalue weighted by Crippen LogP contribution is 2.23. The third-order valence-electron chi connectivity index (χ3n) is 4.53. The lowest BCUT2D eigenvalue weighted by Crippen LogP contribution is -2.48. The van der Waals surface area contributed by atoms with Gasteiger partial charge in [0, 0.05) is 6.26 Å². The summed E-state index contributed by atoms with van der Waals surface area (Å²) in [6.45, 7) is 3.41. The summed E-state index contributed by atoms with van der Waals surface area (Å²) in [6, 6.07) is 13.4. The third kappa shape index (κ3) is 5.80. The smallest absolute Gasteiger partial charge is 0.244 e. The van der Waals surface area contributed by atoms with Crippen LogP contribution < -0.4 is 9.62 Å². The van der Waals surface area contributed by atoms with E-state index in [0.717, 1.165) is 22.4 Å². The van der Waals surface area contributed by atoms with E-state index in [4.69, 9.17) is 0 Å². The first-order chi connectivity index (χ1) is 13.4. The second kappa shape index (κ2) is 8.96. The molecule has 0 radical (unpaired) electrons. The van der Waals surface area contributed by atoms with Gasteiger partial charge in [0.05, 0.1) is 22.9 Å². The van der Waals surface area contributed by atoms with E-state index >= 15 is 0 Å². The van der Waals surface area contributed by atoms with Gasteiger partial charge >= 0.3 is 0 Å². The van der Waals surface area contributed by atoms with Crippen LogP contribution >= 0.6 is 0 Å². The molecule has 0 aliphatic rings. The molecule has 0 spiro atoms. The maximum Gasteiger partial charge on any atom is 0.244 e. The van der Waals surface area contributed by atoms with Crippen molar-refractivity contribution < 1.29 is 21.6 Å². The number of para-hydroxylation sites is 1. The number of sulfone groups is 1. The van der Waals surface area contributed by atoms with Crippen LogP contribution in [0.1, 0.15) is 31.9 Å². The molecule has 158 valence electrons. The van der Waals surface area contributed by atoms with Crippen molar-refractivity contribution in [2.45, 2.75) is 37.2 Å². The molecule has 0 aliphatic heterocycles. The molecule has 1 N–H and O–H groups in total. The molecule has 0 saturated heterocycles. The Balaban J connectivity index is 2.25. The van der Waals surface area contributed by atoms with E-state index in [1.54, 1.807) is 42.5 Å². The lowest BCUT2D eigenvalue weighted by Gasteiger charge is -2.29. The molecule has 2 rings (SSSR count). The van der Waals surface area contributed by atoms with E-state index in [9.17, 15) is 21.6 Å². The van der Waals surface area contributed by atoms with Gasteiger partial charge in [-0.25, -0.2) is 16.8 Å². The van der Waals surface area contributed by atoms with Crippen LogP contribution in [0.25, 0.3) is 0 Å². The Labute approximate surface area is 172 Å². The van der Waals surface area contributed by atoms with Crippen molar-refractivity contribution >= 4 is 31.5 Å². The highest BCUT2D eigenvalue weighted by molar-refractivity contribution is 7.92. The second-order valence-electron chi connectivity index (χ2n) is 6.88. The van der Waals surface area contributed by atoms with Gasteiger partial charge in [0.15, 0.2) is 9.84 Å². The summed E-state index contributed by atoms with van der Waals surface area (Å²) in [6.07, 6.45) is 2.75. The lowest BCUT2D eigenvalue weighted by molar-refractivity contribution is -0.122. The van der Waals surface area contributed by atoms with Gasteiger partial charge < -0.3 is 5.32 Å². The summed E-state index contributed by atoms with van der Waals surface area (Å²) in [4.78, 5) is 13.1. The molecule has 0 saturated carbocycles. The number of carbonyl (C=O) groups excluding carboxylic acids is 1. The van der Waals surface area contributed by atoms with Gasteiger partial charge in [-0.15, -0.1) is 0 Å². The number of nitrogens with one attached hydrogen (secondary N) is 1. The molecule has 0 unspecified atom stereocenters. The van der Waals surface area contributed by atoms with Crippen LogP contribution in [-0.4, -0.2) is 41.3 Å². The Morgan fingerprint density at radius 1 is 0.966 bits per heavy atom. The zero-order valence-corrected chi connectivity index (χ0v) is 18.5. The van der Waals surface area contributed by atoms with E-state index in [2.05, 4.69) is 5.32 Å².